The van der Waals surface area contributed by atoms with E-state index in [0.29, 0.717) is 5.69 Å². The van der Waals surface area contributed by atoms with Crippen LogP contribution >= 0.6 is 11.6 Å². The first-order chi connectivity index (χ1) is 12.6. The lowest BCUT2D eigenvalue weighted by molar-refractivity contribution is -0.123. The van der Waals surface area contributed by atoms with E-state index in [2.05, 4.69) is 9.80 Å². The summed E-state index contributed by atoms with van der Waals surface area (Å²) in [6.45, 7) is 3.17. The first kappa shape index (κ1) is 17.1. The van der Waals surface area contributed by atoms with Crippen LogP contribution in [-0.2, 0) is 9.59 Å². The smallest absolute Gasteiger partial charge is 0.251 e. The van der Waals surface area contributed by atoms with Gasteiger partial charge >= 0.3 is 0 Å². The predicted octanol–water partition coefficient (Wildman–Crippen LogP) is 2.79. The maximum atomic E-state index is 12.8. The van der Waals surface area contributed by atoms with Crippen molar-refractivity contribution in [3.63, 3.8) is 0 Å². The van der Waals surface area contributed by atoms with Crippen LogP contribution in [0, 0.1) is 0 Å². The Hall–Kier alpha value is -2.37. The Balaban J connectivity index is 1.42. The van der Waals surface area contributed by atoms with E-state index in [1.807, 2.05) is 42.5 Å². The fourth-order valence-electron chi connectivity index (χ4n) is 3.69. The molecule has 4 rings (SSSR count). The summed E-state index contributed by atoms with van der Waals surface area (Å²) in [6.07, 6.45) is 0.259. The predicted molar refractivity (Wildman–Crippen MR) is 103 cm³/mol. The van der Waals surface area contributed by atoms with Crippen LogP contribution in [0.1, 0.15) is 6.42 Å². The van der Waals surface area contributed by atoms with Crippen molar-refractivity contribution >= 4 is 34.8 Å². The van der Waals surface area contributed by atoms with Gasteiger partial charge in [0.05, 0.1) is 18.2 Å². The second-order valence-electron chi connectivity index (χ2n) is 6.62. The van der Waals surface area contributed by atoms with Crippen LogP contribution in [-0.4, -0.2) is 48.9 Å². The molecule has 0 spiro atoms. The van der Waals surface area contributed by atoms with Crippen molar-refractivity contribution in [3.05, 3.63) is 59.6 Å². The number of imide groups is 1. The Bertz CT molecular complexity index is 802. The van der Waals surface area contributed by atoms with Crippen LogP contribution < -0.4 is 9.80 Å². The number of benzene rings is 2. The SMILES string of the molecule is O=C1C[C@H](N2CCN(c3ccc(Cl)cc3)CC2)C(=O)N1c1ccccc1. The average Bonchev–Trinajstić information content (AvgIpc) is 2.97. The molecular weight excluding hydrogens is 350 g/mol. The molecule has 5 nitrogen and oxygen atoms in total. The van der Waals surface area contributed by atoms with Crippen molar-refractivity contribution in [2.24, 2.45) is 0 Å². The number of hydrogen-bond acceptors (Lipinski definition) is 4. The zero-order chi connectivity index (χ0) is 18.1. The van der Waals surface area contributed by atoms with Gasteiger partial charge in [-0.25, -0.2) is 4.90 Å². The molecule has 134 valence electrons. The zero-order valence-corrected chi connectivity index (χ0v) is 15.1. The maximum Gasteiger partial charge on any atom is 0.251 e. The van der Waals surface area contributed by atoms with Gasteiger partial charge in [-0.05, 0) is 36.4 Å². The van der Waals surface area contributed by atoms with E-state index in [1.54, 1.807) is 12.1 Å². The molecule has 26 heavy (non-hydrogen) atoms. The third-order valence-corrected chi connectivity index (χ3v) is 5.34. The van der Waals surface area contributed by atoms with Gasteiger partial charge in [-0.1, -0.05) is 29.8 Å². The highest BCUT2D eigenvalue weighted by Crippen LogP contribution is 2.27. The van der Waals surface area contributed by atoms with Gasteiger partial charge in [0.1, 0.15) is 0 Å². The van der Waals surface area contributed by atoms with Gasteiger partial charge in [-0.15, -0.1) is 0 Å². The number of carbonyl (C=O) groups excluding carboxylic acids is 2. The summed E-state index contributed by atoms with van der Waals surface area (Å²) in [5.74, 6) is -0.229. The molecule has 2 heterocycles. The zero-order valence-electron chi connectivity index (χ0n) is 14.3. The van der Waals surface area contributed by atoms with Gasteiger partial charge in [0.2, 0.25) is 5.91 Å². The van der Waals surface area contributed by atoms with Crippen molar-refractivity contribution in [2.45, 2.75) is 12.5 Å². The number of para-hydroxylation sites is 1. The molecule has 0 aromatic heterocycles. The van der Waals surface area contributed by atoms with E-state index < -0.39 is 0 Å². The molecule has 2 aliphatic rings. The van der Waals surface area contributed by atoms with E-state index in [4.69, 9.17) is 11.6 Å². The largest absolute Gasteiger partial charge is 0.369 e. The number of piperazine rings is 1. The quantitative estimate of drug-likeness (QED) is 0.780. The van der Waals surface area contributed by atoms with E-state index in [1.165, 1.54) is 4.90 Å². The monoisotopic (exact) mass is 369 g/mol. The minimum Gasteiger partial charge on any atom is -0.369 e. The molecule has 2 aliphatic heterocycles. The molecule has 0 bridgehead atoms. The van der Waals surface area contributed by atoms with Gasteiger partial charge in [0, 0.05) is 36.9 Å². The molecule has 2 aromatic rings. The summed E-state index contributed by atoms with van der Waals surface area (Å²) in [5, 5.41) is 0.725. The number of carbonyl (C=O) groups is 2. The molecule has 0 N–H and O–H groups in total. The fraction of sp³-hybridized carbons (Fsp3) is 0.300. The minimum atomic E-state index is -0.352. The summed E-state index contributed by atoms with van der Waals surface area (Å²) in [6, 6.07) is 16.6. The summed E-state index contributed by atoms with van der Waals surface area (Å²) in [5.41, 5.74) is 1.79. The van der Waals surface area contributed by atoms with Crippen molar-refractivity contribution in [3.8, 4) is 0 Å². The van der Waals surface area contributed by atoms with E-state index in [-0.39, 0.29) is 24.3 Å². The minimum absolute atomic E-state index is 0.110. The number of nitrogens with zero attached hydrogens (tertiary/aromatic N) is 3. The van der Waals surface area contributed by atoms with Crippen LogP contribution in [0.15, 0.2) is 54.6 Å². The van der Waals surface area contributed by atoms with Gasteiger partial charge in [-0.2, -0.15) is 0 Å². The lowest BCUT2D eigenvalue weighted by Crippen LogP contribution is -2.52. The van der Waals surface area contributed by atoms with Crippen molar-refractivity contribution < 1.29 is 9.59 Å². The van der Waals surface area contributed by atoms with Crippen LogP contribution in [0.25, 0.3) is 0 Å². The van der Waals surface area contributed by atoms with Gasteiger partial charge in [-0.3, -0.25) is 14.5 Å². The molecule has 0 unspecified atom stereocenters. The van der Waals surface area contributed by atoms with Gasteiger partial charge < -0.3 is 4.90 Å². The standard InChI is InChI=1S/C20H20ClN3O2/c21-15-6-8-16(9-7-15)22-10-12-23(13-11-22)18-14-19(25)24(20(18)26)17-4-2-1-3-5-17/h1-9,18H,10-14H2/t18-/m0/s1. The molecule has 2 fully saturated rings. The third kappa shape index (κ3) is 3.20. The second kappa shape index (κ2) is 7.09. The van der Waals surface area contributed by atoms with E-state index >= 15 is 0 Å². The maximum absolute atomic E-state index is 12.8. The Labute approximate surface area is 157 Å². The average molecular weight is 370 g/mol. The Morgan fingerprint density at radius 2 is 1.46 bits per heavy atom. The second-order valence-corrected chi connectivity index (χ2v) is 7.06. The number of halogens is 1. The highest BCUT2D eigenvalue weighted by atomic mass is 35.5. The summed E-state index contributed by atoms with van der Waals surface area (Å²) >= 11 is 5.95. The summed E-state index contributed by atoms with van der Waals surface area (Å²) < 4.78 is 0. The third-order valence-electron chi connectivity index (χ3n) is 5.08. The molecule has 2 aromatic carbocycles. The first-order valence-electron chi connectivity index (χ1n) is 8.80. The molecule has 2 saturated heterocycles. The van der Waals surface area contributed by atoms with Crippen molar-refractivity contribution in [1.29, 1.82) is 0 Å². The van der Waals surface area contributed by atoms with Crippen LogP contribution in [0.4, 0.5) is 11.4 Å². The summed E-state index contributed by atoms with van der Waals surface area (Å²) in [4.78, 5) is 31.0. The topological polar surface area (TPSA) is 43.9 Å². The number of hydrogen-bond donors (Lipinski definition) is 0. The van der Waals surface area contributed by atoms with Crippen molar-refractivity contribution in [1.82, 2.24) is 4.90 Å². The Morgan fingerprint density at radius 1 is 0.808 bits per heavy atom. The normalized spacial score (nSPS) is 21.5. The molecule has 1 atom stereocenters. The molecule has 6 heteroatoms. The molecular formula is C20H20ClN3O2. The highest BCUT2D eigenvalue weighted by molar-refractivity contribution is 6.30. The fourth-order valence-corrected chi connectivity index (χ4v) is 3.82. The van der Waals surface area contributed by atoms with E-state index in [0.717, 1.165) is 36.9 Å². The molecule has 2 amide bonds. The Kier molecular flexibility index (Phi) is 4.66. The molecule has 0 saturated carbocycles. The van der Waals surface area contributed by atoms with Crippen molar-refractivity contribution in [2.75, 3.05) is 36.0 Å². The number of amides is 2. The Morgan fingerprint density at radius 3 is 2.12 bits per heavy atom. The lowest BCUT2D eigenvalue weighted by Gasteiger charge is -2.38. The highest BCUT2D eigenvalue weighted by Gasteiger charge is 2.43. The molecule has 0 radical (unpaired) electrons. The number of anilines is 2. The lowest BCUT2D eigenvalue weighted by atomic mass is 10.1. The number of rotatable bonds is 3. The van der Waals surface area contributed by atoms with Crippen LogP contribution in [0.5, 0.6) is 0 Å². The van der Waals surface area contributed by atoms with Gasteiger partial charge in [0.15, 0.2) is 0 Å². The van der Waals surface area contributed by atoms with Crippen LogP contribution in [0.2, 0.25) is 5.02 Å². The van der Waals surface area contributed by atoms with E-state index in [9.17, 15) is 9.59 Å². The van der Waals surface area contributed by atoms with Crippen LogP contribution in [0.3, 0.4) is 0 Å². The summed E-state index contributed by atoms with van der Waals surface area (Å²) in [7, 11) is 0. The molecule has 0 aliphatic carbocycles. The first-order valence-corrected chi connectivity index (χ1v) is 9.18. The van der Waals surface area contributed by atoms with Gasteiger partial charge in [0.25, 0.3) is 5.91 Å².